The second-order valence-electron chi connectivity index (χ2n) is 9.00. The Labute approximate surface area is 194 Å². The average Bonchev–Trinajstić information content (AvgIpc) is 2.78. The van der Waals surface area contributed by atoms with Crippen LogP contribution in [0.4, 0.5) is 10.5 Å². The number of nitrogens with one attached hydrogen (secondary N) is 3. The first-order valence-electron chi connectivity index (χ1n) is 11.5. The van der Waals surface area contributed by atoms with Crippen LogP contribution in [0.15, 0.2) is 41.5 Å². The van der Waals surface area contributed by atoms with Crippen LogP contribution in [0.2, 0.25) is 0 Å². The van der Waals surface area contributed by atoms with Gasteiger partial charge in [0.15, 0.2) is 0 Å². The Bertz CT molecular complexity index is 867. The van der Waals surface area contributed by atoms with Crippen molar-refractivity contribution >= 4 is 24.0 Å². The molecule has 33 heavy (non-hydrogen) atoms. The van der Waals surface area contributed by atoms with Gasteiger partial charge in [-0.1, -0.05) is 0 Å². The molecule has 178 valence electrons. The zero-order valence-corrected chi connectivity index (χ0v) is 18.8. The van der Waals surface area contributed by atoms with Crippen molar-refractivity contribution in [3.63, 3.8) is 0 Å². The number of nitrogens with two attached hydrogens (primary N) is 1. The van der Waals surface area contributed by atoms with E-state index in [0.29, 0.717) is 49.1 Å². The minimum Gasteiger partial charge on any atom is -0.492 e. The van der Waals surface area contributed by atoms with Crippen LogP contribution in [0.1, 0.15) is 12.8 Å². The second-order valence-corrected chi connectivity index (χ2v) is 9.00. The Morgan fingerprint density at radius 1 is 1.24 bits per heavy atom. The molecule has 1 saturated carbocycles. The molecule has 0 atom stereocenters. The largest absolute Gasteiger partial charge is 0.492 e. The summed E-state index contributed by atoms with van der Waals surface area (Å²) >= 11 is 0. The number of benzene rings is 1. The third-order valence-corrected chi connectivity index (χ3v) is 6.32. The summed E-state index contributed by atoms with van der Waals surface area (Å²) in [7, 11) is 0. The topological polar surface area (TPSA) is 124 Å². The Hall–Kier alpha value is -2.95. The Balaban J connectivity index is 1.27. The number of nitrogens with zero attached hydrogens (tertiary/aromatic N) is 3. The smallest absolute Gasteiger partial charge is 0.323 e. The predicted octanol–water partition coefficient (Wildman–Crippen LogP) is 0.393. The van der Waals surface area contributed by atoms with Gasteiger partial charge < -0.3 is 26.0 Å². The molecule has 1 spiro atoms. The molecular weight excluding hydrogens is 422 g/mol. The second kappa shape index (κ2) is 10.8. The van der Waals surface area contributed by atoms with Crippen LogP contribution in [0.3, 0.4) is 0 Å². The fraction of sp³-hybridized carbons (Fsp3) is 0.522. The standard InChI is InChI=1S/C23H33N7O3/c24-18-13-23(14-18)15-29(16-23)11-12-33-20-3-1-19(2-4-20)27-21(5-6-26-17-31)28-22(32)30-9-7-25-8-10-30/h1-6,17-18,25H,7-16,24H2,(H,26,31)(H,27,28,32)/b6-5-. The van der Waals surface area contributed by atoms with E-state index in [9.17, 15) is 9.59 Å². The molecule has 3 aliphatic rings. The molecule has 1 aromatic rings. The number of amidine groups is 1. The number of hydrogen-bond acceptors (Lipinski definition) is 7. The molecular formula is C23H33N7O3. The van der Waals surface area contributed by atoms with Crippen LogP contribution in [0.25, 0.3) is 0 Å². The Kier molecular flexibility index (Phi) is 7.58. The maximum atomic E-state index is 12.5. The van der Waals surface area contributed by atoms with E-state index in [4.69, 9.17) is 10.5 Å². The van der Waals surface area contributed by atoms with E-state index in [-0.39, 0.29) is 6.03 Å². The summed E-state index contributed by atoms with van der Waals surface area (Å²) < 4.78 is 5.88. The number of rotatable bonds is 8. The van der Waals surface area contributed by atoms with Crippen molar-refractivity contribution in [2.75, 3.05) is 52.4 Å². The lowest BCUT2D eigenvalue weighted by atomic mass is 9.61. The molecule has 0 bridgehead atoms. The molecule has 10 nitrogen and oxygen atoms in total. The minimum absolute atomic E-state index is 0.220. The first-order chi connectivity index (χ1) is 16.0. The highest BCUT2D eigenvalue weighted by atomic mass is 16.5. The van der Waals surface area contributed by atoms with Gasteiger partial charge in [-0.15, -0.1) is 0 Å². The third kappa shape index (κ3) is 6.31. The highest BCUT2D eigenvalue weighted by Gasteiger charge is 2.50. The molecule has 2 aliphatic heterocycles. The summed E-state index contributed by atoms with van der Waals surface area (Å²) in [4.78, 5) is 31.7. The van der Waals surface area contributed by atoms with E-state index >= 15 is 0 Å². The molecule has 4 rings (SSSR count). The van der Waals surface area contributed by atoms with Crippen molar-refractivity contribution in [1.29, 1.82) is 0 Å². The van der Waals surface area contributed by atoms with Gasteiger partial charge in [-0.3, -0.25) is 15.0 Å². The third-order valence-electron chi connectivity index (χ3n) is 6.32. The highest BCUT2D eigenvalue weighted by molar-refractivity contribution is 6.04. The lowest BCUT2D eigenvalue weighted by molar-refractivity contribution is -0.108. The fourth-order valence-electron chi connectivity index (χ4n) is 4.75. The summed E-state index contributed by atoms with van der Waals surface area (Å²) in [5.41, 5.74) is 7.08. The molecule has 1 aromatic carbocycles. The van der Waals surface area contributed by atoms with E-state index in [1.54, 1.807) is 11.0 Å². The van der Waals surface area contributed by atoms with Crippen LogP contribution in [0.5, 0.6) is 5.75 Å². The maximum Gasteiger partial charge on any atom is 0.323 e. The first-order valence-corrected chi connectivity index (χ1v) is 11.5. The number of carbonyl (C=O) groups excluding carboxylic acids is 2. The number of urea groups is 1. The molecule has 5 N–H and O–H groups in total. The van der Waals surface area contributed by atoms with Crippen LogP contribution in [-0.4, -0.2) is 86.5 Å². The van der Waals surface area contributed by atoms with Gasteiger partial charge in [0, 0.05) is 58.1 Å². The monoisotopic (exact) mass is 455 g/mol. The zero-order chi connectivity index (χ0) is 23.1. The number of piperazine rings is 1. The molecule has 0 aromatic heterocycles. The number of aliphatic imine (C=N–C) groups is 1. The molecule has 0 unspecified atom stereocenters. The zero-order valence-electron chi connectivity index (χ0n) is 18.8. The lowest BCUT2D eigenvalue weighted by Gasteiger charge is -2.58. The molecule has 2 saturated heterocycles. The van der Waals surface area contributed by atoms with Crippen molar-refractivity contribution in [2.24, 2.45) is 16.1 Å². The number of likely N-dealkylation sites (tertiary alicyclic amines) is 1. The van der Waals surface area contributed by atoms with E-state index in [1.807, 2.05) is 24.3 Å². The highest BCUT2D eigenvalue weighted by Crippen LogP contribution is 2.47. The number of carbonyl (C=O) groups is 2. The van der Waals surface area contributed by atoms with Gasteiger partial charge in [-0.25, -0.2) is 9.79 Å². The summed E-state index contributed by atoms with van der Waals surface area (Å²) in [6.07, 6.45) is 5.85. The van der Waals surface area contributed by atoms with Crippen molar-refractivity contribution in [2.45, 2.75) is 18.9 Å². The van der Waals surface area contributed by atoms with Crippen LogP contribution in [0, 0.1) is 5.41 Å². The van der Waals surface area contributed by atoms with Crippen molar-refractivity contribution in [1.82, 2.24) is 25.8 Å². The van der Waals surface area contributed by atoms with Crippen LogP contribution >= 0.6 is 0 Å². The molecule has 0 radical (unpaired) electrons. The van der Waals surface area contributed by atoms with Crippen molar-refractivity contribution < 1.29 is 14.3 Å². The lowest BCUT2D eigenvalue weighted by Crippen LogP contribution is -2.65. The molecule has 1 aliphatic carbocycles. The van der Waals surface area contributed by atoms with Gasteiger partial charge in [0.2, 0.25) is 6.41 Å². The molecule has 2 heterocycles. The quantitative estimate of drug-likeness (QED) is 0.255. The molecule has 3 fully saturated rings. The first kappa shape index (κ1) is 23.2. The number of ether oxygens (including phenoxy) is 1. The van der Waals surface area contributed by atoms with Gasteiger partial charge >= 0.3 is 6.03 Å². The summed E-state index contributed by atoms with van der Waals surface area (Å²) in [5, 5.41) is 8.46. The van der Waals surface area contributed by atoms with Crippen LogP contribution < -0.4 is 26.4 Å². The molecule has 3 amide bonds. The number of hydrogen-bond donors (Lipinski definition) is 4. The van der Waals surface area contributed by atoms with E-state index in [2.05, 4.69) is 25.8 Å². The average molecular weight is 456 g/mol. The van der Waals surface area contributed by atoms with E-state index in [0.717, 1.165) is 51.3 Å². The van der Waals surface area contributed by atoms with Crippen molar-refractivity contribution in [3.05, 3.63) is 36.5 Å². The van der Waals surface area contributed by atoms with Crippen molar-refractivity contribution in [3.8, 4) is 5.75 Å². The number of amides is 3. The normalized spacial score (nSPS) is 20.9. The van der Waals surface area contributed by atoms with E-state index in [1.165, 1.54) is 6.20 Å². The fourth-order valence-corrected chi connectivity index (χ4v) is 4.75. The van der Waals surface area contributed by atoms with Gasteiger partial charge in [0.25, 0.3) is 0 Å². The minimum atomic E-state index is -0.220. The summed E-state index contributed by atoms with van der Waals surface area (Å²) in [6.45, 7) is 6.60. The van der Waals surface area contributed by atoms with Crippen LogP contribution in [-0.2, 0) is 4.79 Å². The van der Waals surface area contributed by atoms with Gasteiger partial charge in [-0.05, 0) is 48.6 Å². The van der Waals surface area contributed by atoms with Gasteiger partial charge in [-0.2, -0.15) is 0 Å². The SMILES string of the molecule is NC1CC2(C1)CN(CCOc1ccc(N=C(/C=C\NC=O)NC(=O)N3CCNCC3)cc1)C2. The Morgan fingerprint density at radius 2 is 1.97 bits per heavy atom. The summed E-state index contributed by atoms with van der Waals surface area (Å²) in [6, 6.07) is 7.58. The summed E-state index contributed by atoms with van der Waals surface area (Å²) in [5.74, 6) is 1.11. The van der Waals surface area contributed by atoms with Gasteiger partial charge in [0.05, 0.1) is 5.69 Å². The Morgan fingerprint density at radius 3 is 2.64 bits per heavy atom. The molecule has 10 heteroatoms. The maximum absolute atomic E-state index is 12.5. The van der Waals surface area contributed by atoms with Gasteiger partial charge in [0.1, 0.15) is 18.2 Å². The predicted molar refractivity (Wildman–Crippen MR) is 126 cm³/mol. The van der Waals surface area contributed by atoms with E-state index < -0.39 is 0 Å².